The van der Waals surface area contributed by atoms with Crippen LogP contribution >= 0.6 is 0 Å². The molecule has 0 bridgehead atoms. The average Bonchev–Trinajstić information content (AvgIpc) is 2.85. The molecule has 0 radical (unpaired) electrons. The van der Waals surface area contributed by atoms with E-state index in [1.54, 1.807) is 7.05 Å². The predicted octanol–water partition coefficient (Wildman–Crippen LogP) is -0.939. The van der Waals surface area contributed by atoms with Crippen LogP contribution in [-0.4, -0.2) is 46.0 Å². The first-order valence-electron chi connectivity index (χ1n) is 4.65. The van der Waals surface area contributed by atoms with Crippen LogP contribution in [0.4, 0.5) is 5.69 Å². The molecule has 2 heterocycles. The standard InChI is InChI=1S/C7H7N7O4/c1-12-9-5(8-11-12)3-13-2-4(14(17)18)6(10-13)7(15)16/h2H,3H2,1H3,(H,15,16). The van der Waals surface area contributed by atoms with Crippen molar-refractivity contribution in [2.45, 2.75) is 6.54 Å². The number of rotatable bonds is 4. The molecule has 0 aliphatic carbocycles. The molecule has 1 N–H and O–H groups in total. The van der Waals surface area contributed by atoms with Crippen molar-refractivity contribution < 1.29 is 14.8 Å². The number of aromatic nitrogens is 6. The maximum absolute atomic E-state index is 10.8. The lowest BCUT2D eigenvalue weighted by molar-refractivity contribution is -0.385. The molecule has 11 nitrogen and oxygen atoms in total. The number of hydrogen-bond donors (Lipinski definition) is 1. The zero-order chi connectivity index (χ0) is 13.3. The molecule has 0 atom stereocenters. The molecule has 0 saturated carbocycles. The number of nitrogens with zero attached hydrogens (tertiary/aromatic N) is 7. The van der Waals surface area contributed by atoms with Crippen molar-refractivity contribution in [2.75, 3.05) is 0 Å². The summed E-state index contributed by atoms with van der Waals surface area (Å²) in [5, 5.41) is 34.1. The lowest BCUT2D eigenvalue weighted by Gasteiger charge is -1.93. The third kappa shape index (κ3) is 2.14. The lowest BCUT2D eigenvalue weighted by atomic mass is 10.4. The minimum atomic E-state index is -1.47. The second-order valence-corrected chi connectivity index (χ2v) is 3.32. The highest BCUT2D eigenvalue weighted by atomic mass is 16.6. The fraction of sp³-hybridized carbons (Fsp3) is 0.286. The van der Waals surface area contributed by atoms with E-state index in [4.69, 9.17) is 5.11 Å². The van der Waals surface area contributed by atoms with E-state index in [1.165, 1.54) is 4.80 Å². The van der Waals surface area contributed by atoms with Crippen LogP contribution in [0.5, 0.6) is 0 Å². The zero-order valence-electron chi connectivity index (χ0n) is 9.09. The molecule has 0 amide bonds. The van der Waals surface area contributed by atoms with E-state index in [1.807, 2.05) is 0 Å². The van der Waals surface area contributed by atoms with Crippen molar-refractivity contribution in [3.05, 3.63) is 27.8 Å². The quantitative estimate of drug-likeness (QED) is 0.543. The summed E-state index contributed by atoms with van der Waals surface area (Å²) in [7, 11) is 1.56. The van der Waals surface area contributed by atoms with E-state index in [-0.39, 0.29) is 12.4 Å². The third-order valence-electron chi connectivity index (χ3n) is 1.99. The van der Waals surface area contributed by atoms with Gasteiger partial charge in [-0.25, -0.2) is 4.79 Å². The molecular weight excluding hydrogens is 246 g/mol. The van der Waals surface area contributed by atoms with Crippen LogP contribution < -0.4 is 0 Å². The first-order chi connectivity index (χ1) is 8.47. The van der Waals surface area contributed by atoms with E-state index < -0.39 is 22.3 Å². The van der Waals surface area contributed by atoms with Gasteiger partial charge in [-0.05, 0) is 5.21 Å². The zero-order valence-corrected chi connectivity index (χ0v) is 9.09. The van der Waals surface area contributed by atoms with Crippen LogP contribution in [0, 0.1) is 10.1 Å². The summed E-state index contributed by atoms with van der Waals surface area (Å²) in [4.78, 5) is 21.8. The Labute approximate surface area is 98.8 Å². The van der Waals surface area contributed by atoms with Gasteiger partial charge in [-0.2, -0.15) is 9.90 Å². The fourth-order valence-electron chi connectivity index (χ4n) is 1.31. The Kier molecular flexibility index (Phi) is 2.71. The molecule has 2 rings (SSSR count). The van der Waals surface area contributed by atoms with Gasteiger partial charge in [0, 0.05) is 0 Å². The number of tetrazole rings is 1. The molecular formula is C7H7N7O4. The molecule has 94 valence electrons. The van der Waals surface area contributed by atoms with Gasteiger partial charge in [0.1, 0.15) is 12.7 Å². The number of aryl methyl sites for hydroxylation is 1. The highest BCUT2D eigenvalue weighted by Gasteiger charge is 2.25. The highest BCUT2D eigenvalue weighted by Crippen LogP contribution is 2.16. The van der Waals surface area contributed by atoms with Gasteiger partial charge < -0.3 is 5.11 Å². The molecule has 0 spiro atoms. The van der Waals surface area contributed by atoms with E-state index in [2.05, 4.69) is 20.5 Å². The second-order valence-electron chi connectivity index (χ2n) is 3.32. The Morgan fingerprint density at radius 2 is 2.28 bits per heavy atom. The Morgan fingerprint density at radius 3 is 2.72 bits per heavy atom. The summed E-state index contributed by atoms with van der Waals surface area (Å²) < 4.78 is 1.08. The largest absolute Gasteiger partial charge is 0.476 e. The average molecular weight is 253 g/mol. The molecule has 2 aromatic rings. The third-order valence-corrected chi connectivity index (χ3v) is 1.99. The Bertz CT molecular complexity index is 584. The van der Waals surface area contributed by atoms with Gasteiger partial charge >= 0.3 is 11.7 Å². The fourth-order valence-corrected chi connectivity index (χ4v) is 1.31. The lowest BCUT2D eigenvalue weighted by Crippen LogP contribution is -2.06. The molecule has 0 aliphatic heterocycles. The van der Waals surface area contributed by atoms with E-state index in [0.29, 0.717) is 0 Å². The number of carboxylic acids is 1. The van der Waals surface area contributed by atoms with Gasteiger partial charge in [-0.15, -0.1) is 10.2 Å². The van der Waals surface area contributed by atoms with Crippen LogP contribution in [0.2, 0.25) is 0 Å². The Balaban J connectivity index is 2.32. The van der Waals surface area contributed by atoms with Crippen molar-refractivity contribution in [1.82, 2.24) is 30.0 Å². The number of nitro groups is 1. The van der Waals surface area contributed by atoms with Crippen LogP contribution in [0.25, 0.3) is 0 Å². The molecule has 0 aliphatic rings. The van der Waals surface area contributed by atoms with Gasteiger partial charge in [0.25, 0.3) is 0 Å². The van der Waals surface area contributed by atoms with Gasteiger partial charge in [0.2, 0.25) is 5.69 Å². The Morgan fingerprint density at radius 1 is 1.56 bits per heavy atom. The van der Waals surface area contributed by atoms with Gasteiger partial charge in [0.05, 0.1) is 12.0 Å². The van der Waals surface area contributed by atoms with E-state index in [9.17, 15) is 14.9 Å². The Hall–Kier alpha value is -2.85. The van der Waals surface area contributed by atoms with Crippen molar-refractivity contribution >= 4 is 11.7 Å². The molecule has 18 heavy (non-hydrogen) atoms. The second kappa shape index (κ2) is 4.20. The van der Waals surface area contributed by atoms with Crippen LogP contribution in [-0.2, 0) is 13.6 Å². The minimum absolute atomic E-state index is 0.00194. The first kappa shape index (κ1) is 11.6. The maximum Gasteiger partial charge on any atom is 0.363 e. The van der Waals surface area contributed by atoms with E-state index in [0.717, 1.165) is 10.9 Å². The highest BCUT2D eigenvalue weighted by molar-refractivity contribution is 5.89. The van der Waals surface area contributed by atoms with Crippen molar-refractivity contribution in [3.8, 4) is 0 Å². The van der Waals surface area contributed by atoms with E-state index >= 15 is 0 Å². The summed E-state index contributed by atoms with van der Waals surface area (Å²) in [5.74, 6) is -1.20. The number of hydrogen-bond acceptors (Lipinski definition) is 7. The van der Waals surface area contributed by atoms with Crippen LogP contribution in [0.1, 0.15) is 16.3 Å². The predicted molar refractivity (Wildman–Crippen MR) is 53.7 cm³/mol. The number of carboxylic acid groups (broad SMARTS) is 1. The molecule has 0 unspecified atom stereocenters. The summed E-state index contributed by atoms with van der Waals surface area (Å²) in [5.41, 5.74) is -1.20. The van der Waals surface area contributed by atoms with Crippen molar-refractivity contribution in [1.29, 1.82) is 0 Å². The van der Waals surface area contributed by atoms with Gasteiger partial charge in [-0.3, -0.25) is 14.8 Å². The van der Waals surface area contributed by atoms with Gasteiger partial charge in [-0.1, -0.05) is 0 Å². The summed E-state index contributed by atoms with van der Waals surface area (Å²) in [6, 6.07) is 0. The van der Waals surface area contributed by atoms with Gasteiger partial charge in [0.15, 0.2) is 5.82 Å². The minimum Gasteiger partial charge on any atom is -0.476 e. The van der Waals surface area contributed by atoms with Crippen molar-refractivity contribution in [2.24, 2.45) is 7.05 Å². The molecule has 2 aromatic heterocycles. The van der Waals surface area contributed by atoms with Crippen LogP contribution in [0.3, 0.4) is 0 Å². The van der Waals surface area contributed by atoms with Crippen molar-refractivity contribution in [3.63, 3.8) is 0 Å². The smallest absolute Gasteiger partial charge is 0.363 e. The summed E-state index contributed by atoms with van der Waals surface area (Å²) >= 11 is 0. The summed E-state index contributed by atoms with van der Waals surface area (Å²) in [6.07, 6.45) is 1.01. The summed E-state index contributed by atoms with van der Waals surface area (Å²) in [6.45, 7) is 0.00194. The van der Waals surface area contributed by atoms with Crippen LogP contribution in [0.15, 0.2) is 6.20 Å². The SMILES string of the molecule is Cn1nnc(Cn2cc([N+](=O)[O-])c(C(=O)O)n2)n1. The first-order valence-corrected chi connectivity index (χ1v) is 4.65. The molecule has 0 fully saturated rings. The topological polar surface area (TPSA) is 142 Å². The number of carbonyl (C=O) groups is 1. The maximum atomic E-state index is 10.8. The normalized spacial score (nSPS) is 10.5. The monoisotopic (exact) mass is 253 g/mol. The number of aromatic carboxylic acids is 1. The molecule has 0 saturated heterocycles. The molecule has 11 heteroatoms. The molecule has 0 aromatic carbocycles.